The summed E-state index contributed by atoms with van der Waals surface area (Å²) in [4.78, 5) is 14.8. The molecule has 2 atom stereocenters. The molecule has 2 fully saturated rings. The lowest BCUT2D eigenvalue weighted by molar-refractivity contribution is -0.126. The number of ether oxygens (including phenoxy) is 1. The number of carbonyl (C=O) groups excluding carboxylic acids is 1. The number of benzene rings is 1. The number of piperidine rings is 1. The van der Waals surface area contributed by atoms with Crippen LogP contribution in [0.5, 0.6) is 0 Å². The molecular weight excluding hydrogens is 300 g/mol. The summed E-state index contributed by atoms with van der Waals surface area (Å²) in [6.45, 7) is 6.94. The number of nitrogens with zero attached hydrogens (tertiary/aromatic N) is 1. The fraction of sp³-hybridized carbons (Fsp3) is 0.650. The third-order valence-corrected chi connectivity index (χ3v) is 5.39. The number of carbonyl (C=O) groups is 1. The Kier molecular flexibility index (Phi) is 6.27. The molecule has 2 saturated heterocycles. The molecule has 0 spiro atoms. The molecule has 1 aromatic carbocycles. The number of likely N-dealkylation sites (tertiary alicyclic amines) is 1. The first-order valence-electron chi connectivity index (χ1n) is 9.39. The van der Waals surface area contributed by atoms with E-state index in [1.807, 2.05) is 0 Å². The quantitative estimate of drug-likeness (QED) is 0.872. The van der Waals surface area contributed by atoms with Gasteiger partial charge in [-0.15, -0.1) is 0 Å². The predicted molar refractivity (Wildman–Crippen MR) is 96.0 cm³/mol. The van der Waals surface area contributed by atoms with E-state index in [1.54, 1.807) is 0 Å². The summed E-state index contributed by atoms with van der Waals surface area (Å²) in [7, 11) is 0. The van der Waals surface area contributed by atoms with Gasteiger partial charge in [0.2, 0.25) is 5.91 Å². The van der Waals surface area contributed by atoms with Gasteiger partial charge in [-0.3, -0.25) is 4.79 Å². The molecule has 2 aliphatic heterocycles. The molecule has 4 nitrogen and oxygen atoms in total. The standard InChI is InChI=1S/C20H30N2O2/c1-16(17-6-3-2-4-7-17)15-22-11-9-18(10-12-22)20(23)21-14-19-8-5-13-24-19/h2-4,6-7,16,18-19H,5,8-15H2,1H3,(H,21,23)/t16-,19-/m1/s1. The predicted octanol–water partition coefficient (Wildman–Crippen LogP) is 2.80. The SMILES string of the molecule is C[C@H](CN1CCC(C(=O)NC[C@H]2CCCO2)CC1)c1ccccc1. The summed E-state index contributed by atoms with van der Waals surface area (Å²) < 4.78 is 5.57. The maximum absolute atomic E-state index is 12.3. The van der Waals surface area contributed by atoms with Crippen LogP contribution in [0.2, 0.25) is 0 Å². The smallest absolute Gasteiger partial charge is 0.223 e. The van der Waals surface area contributed by atoms with Crippen molar-refractivity contribution in [1.29, 1.82) is 0 Å². The van der Waals surface area contributed by atoms with Crippen molar-refractivity contribution in [3.8, 4) is 0 Å². The monoisotopic (exact) mass is 330 g/mol. The fourth-order valence-electron chi connectivity index (χ4n) is 3.82. The Balaban J connectivity index is 1.38. The zero-order valence-corrected chi connectivity index (χ0v) is 14.7. The molecule has 3 rings (SSSR count). The molecule has 2 aliphatic rings. The highest BCUT2D eigenvalue weighted by atomic mass is 16.5. The number of amides is 1. The fourth-order valence-corrected chi connectivity index (χ4v) is 3.82. The summed E-state index contributed by atoms with van der Waals surface area (Å²) >= 11 is 0. The molecule has 24 heavy (non-hydrogen) atoms. The van der Waals surface area contributed by atoms with E-state index >= 15 is 0 Å². The van der Waals surface area contributed by atoms with E-state index < -0.39 is 0 Å². The van der Waals surface area contributed by atoms with Crippen LogP contribution in [0, 0.1) is 5.92 Å². The van der Waals surface area contributed by atoms with Crippen LogP contribution in [0.1, 0.15) is 44.1 Å². The summed E-state index contributed by atoms with van der Waals surface area (Å²) in [5.41, 5.74) is 1.40. The Labute approximate surface area is 145 Å². The van der Waals surface area contributed by atoms with E-state index in [9.17, 15) is 4.79 Å². The zero-order chi connectivity index (χ0) is 16.8. The van der Waals surface area contributed by atoms with Gasteiger partial charge >= 0.3 is 0 Å². The molecule has 0 aliphatic carbocycles. The maximum Gasteiger partial charge on any atom is 0.223 e. The van der Waals surface area contributed by atoms with E-state index in [0.717, 1.165) is 51.9 Å². The molecular formula is C20H30N2O2. The zero-order valence-electron chi connectivity index (χ0n) is 14.7. The first-order chi connectivity index (χ1) is 11.7. The Morgan fingerprint density at radius 2 is 2.00 bits per heavy atom. The molecule has 1 amide bonds. The third kappa shape index (κ3) is 4.81. The Morgan fingerprint density at radius 3 is 2.67 bits per heavy atom. The van der Waals surface area contributed by atoms with Gasteiger partial charge in [0.05, 0.1) is 6.10 Å². The Bertz CT molecular complexity index is 506. The largest absolute Gasteiger partial charge is 0.376 e. The van der Waals surface area contributed by atoms with Gasteiger partial charge in [-0.25, -0.2) is 0 Å². The second kappa shape index (κ2) is 8.63. The summed E-state index contributed by atoms with van der Waals surface area (Å²) in [5.74, 6) is 0.937. The molecule has 1 aromatic rings. The summed E-state index contributed by atoms with van der Waals surface area (Å²) in [6, 6.07) is 10.7. The van der Waals surface area contributed by atoms with Gasteiger partial charge in [0.25, 0.3) is 0 Å². The van der Waals surface area contributed by atoms with E-state index in [2.05, 4.69) is 47.5 Å². The number of hydrogen-bond donors (Lipinski definition) is 1. The second-order valence-corrected chi connectivity index (χ2v) is 7.27. The van der Waals surface area contributed by atoms with E-state index in [-0.39, 0.29) is 17.9 Å². The van der Waals surface area contributed by atoms with Crippen molar-refractivity contribution >= 4 is 5.91 Å². The molecule has 0 bridgehead atoms. The topological polar surface area (TPSA) is 41.6 Å². The summed E-state index contributed by atoms with van der Waals surface area (Å²) in [6.07, 6.45) is 4.38. The van der Waals surface area contributed by atoms with Crippen molar-refractivity contribution in [2.24, 2.45) is 5.92 Å². The average Bonchev–Trinajstić information content (AvgIpc) is 3.14. The van der Waals surface area contributed by atoms with Gasteiger partial charge in [0, 0.05) is 25.6 Å². The third-order valence-electron chi connectivity index (χ3n) is 5.39. The van der Waals surface area contributed by atoms with Gasteiger partial charge in [0.15, 0.2) is 0 Å². The van der Waals surface area contributed by atoms with Crippen LogP contribution in [0.3, 0.4) is 0 Å². The van der Waals surface area contributed by atoms with Gasteiger partial charge in [0.1, 0.15) is 0 Å². The van der Waals surface area contributed by atoms with E-state index in [0.29, 0.717) is 12.5 Å². The highest BCUT2D eigenvalue weighted by Gasteiger charge is 2.26. The van der Waals surface area contributed by atoms with Gasteiger partial charge in [-0.1, -0.05) is 37.3 Å². The van der Waals surface area contributed by atoms with Crippen molar-refractivity contribution in [3.05, 3.63) is 35.9 Å². The van der Waals surface area contributed by atoms with Crippen molar-refractivity contribution < 1.29 is 9.53 Å². The minimum absolute atomic E-state index is 0.176. The molecule has 0 saturated carbocycles. The first-order valence-corrected chi connectivity index (χ1v) is 9.39. The van der Waals surface area contributed by atoms with Gasteiger partial charge in [-0.05, 0) is 50.3 Å². The molecule has 4 heteroatoms. The van der Waals surface area contributed by atoms with E-state index in [1.165, 1.54) is 5.56 Å². The number of hydrogen-bond acceptors (Lipinski definition) is 3. The normalized spacial score (nSPS) is 24.0. The van der Waals surface area contributed by atoms with Crippen LogP contribution < -0.4 is 5.32 Å². The molecule has 0 radical (unpaired) electrons. The molecule has 1 N–H and O–H groups in total. The van der Waals surface area contributed by atoms with Crippen LogP contribution in [0.4, 0.5) is 0 Å². The molecule has 132 valence electrons. The first kappa shape index (κ1) is 17.4. The van der Waals surface area contributed by atoms with Crippen molar-refractivity contribution in [2.45, 2.75) is 44.6 Å². The second-order valence-electron chi connectivity index (χ2n) is 7.27. The molecule has 0 unspecified atom stereocenters. The Morgan fingerprint density at radius 1 is 1.25 bits per heavy atom. The lowest BCUT2D eigenvalue weighted by Gasteiger charge is -2.33. The highest BCUT2D eigenvalue weighted by Crippen LogP contribution is 2.22. The van der Waals surface area contributed by atoms with E-state index in [4.69, 9.17) is 4.74 Å². The van der Waals surface area contributed by atoms with Crippen LogP contribution in [0.15, 0.2) is 30.3 Å². The lowest BCUT2D eigenvalue weighted by Crippen LogP contribution is -2.43. The maximum atomic E-state index is 12.3. The Hall–Kier alpha value is -1.39. The van der Waals surface area contributed by atoms with Crippen molar-refractivity contribution in [1.82, 2.24) is 10.2 Å². The molecule has 2 heterocycles. The lowest BCUT2D eigenvalue weighted by atomic mass is 9.94. The summed E-state index contributed by atoms with van der Waals surface area (Å²) in [5, 5.41) is 3.09. The van der Waals surface area contributed by atoms with Crippen molar-refractivity contribution in [3.63, 3.8) is 0 Å². The number of nitrogens with one attached hydrogen (secondary N) is 1. The number of rotatable bonds is 6. The van der Waals surface area contributed by atoms with Crippen molar-refractivity contribution in [2.75, 3.05) is 32.8 Å². The van der Waals surface area contributed by atoms with Crippen LogP contribution >= 0.6 is 0 Å². The minimum atomic E-state index is 0.176. The van der Waals surface area contributed by atoms with Crippen LogP contribution in [-0.2, 0) is 9.53 Å². The van der Waals surface area contributed by atoms with Gasteiger partial charge in [-0.2, -0.15) is 0 Å². The van der Waals surface area contributed by atoms with Crippen LogP contribution in [-0.4, -0.2) is 49.7 Å². The van der Waals surface area contributed by atoms with Crippen LogP contribution in [0.25, 0.3) is 0 Å². The average molecular weight is 330 g/mol. The highest BCUT2D eigenvalue weighted by molar-refractivity contribution is 5.78. The van der Waals surface area contributed by atoms with Gasteiger partial charge < -0.3 is 15.0 Å². The minimum Gasteiger partial charge on any atom is -0.376 e. The molecule has 0 aromatic heterocycles.